The topological polar surface area (TPSA) is 20.3 Å². The van der Waals surface area contributed by atoms with E-state index in [0.29, 0.717) is 0 Å². The van der Waals surface area contributed by atoms with Gasteiger partial charge in [-0.1, -0.05) is 15.9 Å². The summed E-state index contributed by atoms with van der Waals surface area (Å²) in [7, 11) is 0. The van der Waals surface area contributed by atoms with Crippen LogP contribution in [0.4, 0.5) is 18.9 Å². The van der Waals surface area contributed by atoms with Crippen molar-refractivity contribution in [2.75, 3.05) is 11.4 Å². The normalized spacial score (nSPS) is 20.6. The van der Waals surface area contributed by atoms with Crippen molar-refractivity contribution in [1.82, 2.24) is 0 Å². The number of anilines is 1. The van der Waals surface area contributed by atoms with E-state index in [1.165, 1.54) is 11.0 Å². The lowest BCUT2D eigenvalue weighted by atomic mass is 10.2. The Morgan fingerprint density at radius 3 is 2.50 bits per heavy atom. The first-order valence-corrected chi connectivity index (χ1v) is 6.32. The molecule has 0 aromatic heterocycles. The number of rotatable bonds is 1. The van der Waals surface area contributed by atoms with Crippen molar-refractivity contribution < 1.29 is 18.0 Å². The molecule has 0 aliphatic carbocycles. The van der Waals surface area contributed by atoms with E-state index in [9.17, 15) is 18.0 Å². The average molecular weight is 343 g/mol. The van der Waals surface area contributed by atoms with Crippen molar-refractivity contribution in [3.63, 3.8) is 0 Å². The molecular formula is C11H8BrClF3NO. The van der Waals surface area contributed by atoms with Gasteiger partial charge >= 0.3 is 6.18 Å². The second-order valence-corrected chi connectivity index (χ2v) is 5.53. The highest BCUT2D eigenvalue weighted by Gasteiger charge is 2.34. The molecule has 1 atom stereocenters. The predicted octanol–water partition coefficient (Wildman–Crippen LogP) is 3.81. The lowest BCUT2D eigenvalue weighted by Crippen LogP contribution is -2.25. The first kappa shape index (κ1) is 13.7. The second kappa shape index (κ2) is 4.74. The third-order valence-electron chi connectivity index (χ3n) is 2.60. The van der Waals surface area contributed by atoms with E-state index in [-0.39, 0.29) is 34.4 Å². The van der Waals surface area contributed by atoms with Crippen molar-refractivity contribution in [3.05, 3.63) is 28.2 Å². The fraction of sp³-hybridized carbons (Fsp3) is 0.364. The minimum atomic E-state index is -4.44. The summed E-state index contributed by atoms with van der Waals surface area (Å²) in [4.78, 5) is 12.9. The van der Waals surface area contributed by atoms with Crippen LogP contribution in [-0.2, 0) is 11.0 Å². The maximum atomic E-state index is 12.7. The van der Waals surface area contributed by atoms with Gasteiger partial charge in [0.05, 0.1) is 10.9 Å². The van der Waals surface area contributed by atoms with Crippen molar-refractivity contribution in [2.45, 2.75) is 18.0 Å². The van der Waals surface area contributed by atoms with Crippen LogP contribution in [0.5, 0.6) is 0 Å². The zero-order chi connectivity index (χ0) is 13.5. The van der Waals surface area contributed by atoms with Gasteiger partial charge in [0, 0.05) is 23.1 Å². The largest absolute Gasteiger partial charge is 0.416 e. The summed E-state index contributed by atoms with van der Waals surface area (Å²) < 4.78 is 38.3. The Morgan fingerprint density at radius 1 is 1.33 bits per heavy atom. The molecule has 1 heterocycles. The second-order valence-electron chi connectivity index (χ2n) is 4.00. The van der Waals surface area contributed by atoms with Crippen LogP contribution in [0, 0.1) is 0 Å². The number of carbonyl (C=O) groups excluding carboxylic acids is 1. The van der Waals surface area contributed by atoms with Crippen LogP contribution < -0.4 is 4.90 Å². The quantitative estimate of drug-likeness (QED) is 0.711. The zero-order valence-corrected chi connectivity index (χ0v) is 11.3. The van der Waals surface area contributed by atoms with Crippen LogP contribution in [0.15, 0.2) is 22.7 Å². The van der Waals surface area contributed by atoms with Gasteiger partial charge in [-0.3, -0.25) is 4.79 Å². The van der Waals surface area contributed by atoms with E-state index >= 15 is 0 Å². The number of carbonyl (C=O) groups is 1. The molecule has 1 aliphatic rings. The molecule has 0 bridgehead atoms. The molecule has 7 heteroatoms. The molecule has 0 N–H and O–H groups in total. The van der Waals surface area contributed by atoms with E-state index in [2.05, 4.69) is 15.9 Å². The summed E-state index contributed by atoms with van der Waals surface area (Å²) in [6.07, 6.45) is -4.29. The molecule has 98 valence electrons. The van der Waals surface area contributed by atoms with Crippen molar-refractivity contribution in [3.8, 4) is 0 Å². The fourth-order valence-corrected chi connectivity index (χ4v) is 2.56. The van der Waals surface area contributed by atoms with Gasteiger partial charge in [0.25, 0.3) is 0 Å². The van der Waals surface area contributed by atoms with E-state index in [4.69, 9.17) is 11.6 Å². The standard InChI is InChI=1S/C11H8BrClF3NO/c12-7-1-6(11(14,15)16)2-9(3-7)17-5-8(13)4-10(17)18/h1-3,8H,4-5H2. The van der Waals surface area contributed by atoms with Crippen LogP contribution >= 0.6 is 27.5 Å². The SMILES string of the molecule is O=C1CC(Cl)CN1c1cc(Br)cc(C(F)(F)F)c1. The average Bonchev–Trinajstić information content (AvgIpc) is 2.55. The Bertz CT molecular complexity index is 492. The number of amides is 1. The molecule has 1 aromatic carbocycles. The highest BCUT2D eigenvalue weighted by atomic mass is 79.9. The molecule has 1 aliphatic heterocycles. The molecule has 1 fully saturated rings. The fourth-order valence-electron chi connectivity index (χ4n) is 1.81. The van der Waals surface area contributed by atoms with Gasteiger partial charge in [-0.25, -0.2) is 0 Å². The monoisotopic (exact) mass is 341 g/mol. The molecule has 1 unspecified atom stereocenters. The van der Waals surface area contributed by atoms with Crippen molar-refractivity contribution in [2.24, 2.45) is 0 Å². The number of hydrogen-bond acceptors (Lipinski definition) is 1. The van der Waals surface area contributed by atoms with Gasteiger partial charge in [0.1, 0.15) is 0 Å². The molecule has 0 saturated carbocycles. The lowest BCUT2D eigenvalue weighted by molar-refractivity contribution is -0.137. The summed E-state index contributed by atoms with van der Waals surface area (Å²) >= 11 is 8.84. The summed E-state index contributed by atoms with van der Waals surface area (Å²) in [5, 5.41) is -0.356. The highest BCUT2D eigenvalue weighted by molar-refractivity contribution is 9.10. The van der Waals surface area contributed by atoms with Crippen molar-refractivity contribution in [1.29, 1.82) is 0 Å². The molecule has 1 saturated heterocycles. The van der Waals surface area contributed by atoms with Gasteiger partial charge < -0.3 is 4.90 Å². The number of alkyl halides is 4. The minimum Gasteiger partial charge on any atom is -0.311 e. The third kappa shape index (κ3) is 2.80. The molecule has 2 nitrogen and oxygen atoms in total. The molecular weight excluding hydrogens is 334 g/mol. The van der Waals surface area contributed by atoms with Crippen LogP contribution in [0.1, 0.15) is 12.0 Å². The first-order valence-electron chi connectivity index (χ1n) is 5.09. The van der Waals surface area contributed by atoms with Gasteiger partial charge in [0.15, 0.2) is 0 Å². The van der Waals surface area contributed by atoms with Gasteiger partial charge in [-0.15, -0.1) is 11.6 Å². The van der Waals surface area contributed by atoms with Crippen molar-refractivity contribution >= 4 is 39.1 Å². The third-order valence-corrected chi connectivity index (χ3v) is 3.35. The van der Waals surface area contributed by atoms with Crippen LogP contribution in [0.3, 0.4) is 0 Å². The summed E-state index contributed by atoms with van der Waals surface area (Å²) in [5.74, 6) is -0.263. The smallest absolute Gasteiger partial charge is 0.311 e. The van der Waals surface area contributed by atoms with Crippen LogP contribution in [0.2, 0.25) is 0 Å². The first-order chi connectivity index (χ1) is 8.27. The number of benzene rings is 1. The minimum absolute atomic E-state index is 0.148. The van der Waals surface area contributed by atoms with Crippen LogP contribution in [0.25, 0.3) is 0 Å². The molecule has 18 heavy (non-hydrogen) atoms. The van der Waals surface area contributed by atoms with Gasteiger partial charge in [-0.05, 0) is 18.2 Å². The molecule has 0 radical (unpaired) electrons. The van der Waals surface area contributed by atoms with Gasteiger partial charge in [0.2, 0.25) is 5.91 Å². The number of nitrogens with zero attached hydrogens (tertiary/aromatic N) is 1. The Morgan fingerprint density at radius 2 is 2.00 bits per heavy atom. The summed E-state index contributed by atoms with van der Waals surface area (Å²) in [5.41, 5.74) is -0.581. The van der Waals surface area contributed by atoms with E-state index in [1.54, 1.807) is 0 Å². The number of hydrogen-bond donors (Lipinski definition) is 0. The molecule has 1 aromatic rings. The molecule has 0 spiro atoms. The maximum absolute atomic E-state index is 12.7. The highest BCUT2D eigenvalue weighted by Crippen LogP contribution is 2.35. The zero-order valence-electron chi connectivity index (χ0n) is 8.97. The Balaban J connectivity index is 2.40. The summed E-state index contributed by atoms with van der Waals surface area (Å²) in [6, 6.07) is 3.40. The van der Waals surface area contributed by atoms with Gasteiger partial charge in [-0.2, -0.15) is 13.2 Å². The van der Waals surface area contributed by atoms with E-state index in [0.717, 1.165) is 12.1 Å². The van der Waals surface area contributed by atoms with E-state index < -0.39 is 11.7 Å². The predicted molar refractivity (Wildman–Crippen MR) is 65.8 cm³/mol. The van der Waals surface area contributed by atoms with E-state index in [1.807, 2.05) is 0 Å². The molecule has 1 amide bonds. The lowest BCUT2D eigenvalue weighted by Gasteiger charge is -2.18. The summed E-state index contributed by atoms with van der Waals surface area (Å²) in [6.45, 7) is 0.230. The van der Waals surface area contributed by atoms with Crippen LogP contribution in [-0.4, -0.2) is 17.8 Å². The number of halogens is 5. The Labute approximate surface area is 115 Å². The maximum Gasteiger partial charge on any atom is 0.416 e. The molecule has 2 rings (SSSR count). The Hall–Kier alpha value is -0.750. The Kier molecular flexibility index (Phi) is 3.60.